The first kappa shape index (κ1) is 13.2. The van der Waals surface area contributed by atoms with E-state index in [4.69, 9.17) is 4.42 Å². The maximum absolute atomic E-state index is 12.1. The molecular weight excluding hydrogens is 365 g/mol. The van der Waals surface area contributed by atoms with E-state index in [-0.39, 0.29) is 12.3 Å². The molecule has 0 aliphatic carbocycles. The second kappa shape index (κ2) is 5.66. The van der Waals surface area contributed by atoms with Crippen LogP contribution in [0.15, 0.2) is 59.0 Å². The van der Waals surface area contributed by atoms with Crippen molar-refractivity contribution in [1.82, 2.24) is 0 Å². The fourth-order valence-corrected chi connectivity index (χ4v) is 2.32. The SMILES string of the molecule is O=C(CNc1ccc(I)cc1)c1cc2ccccc2o1. The summed E-state index contributed by atoms with van der Waals surface area (Å²) in [6, 6.07) is 17.3. The van der Waals surface area contributed by atoms with Crippen molar-refractivity contribution in [3.05, 3.63) is 63.9 Å². The Morgan fingerprint density at radius 2 is 1.85 bits per heavy atom. The first-order valence-corrected chi connectivity index (χ1v) is 7.31. The van der Waals surface area contributed by atoms with Crippen molar-refractivity contribution in [2.75, 3.05) is 11.9 Å². The minimum atomic E-state index is -0.0558. The van der Waals surface area contributed by atoms with Gasteiger partial charge in [-0.15, -0.1) is 0 Å². The molecule has 0 unspecified atom stereocenters. The lowest BCUT2D eigenvalue weighted by Crippen LogP contribution is -2.13. The van der Waals surface area contributed by atoms with Crippen LogP contribution in [0.2, 0.25) is 0 Å². The van der Waals surface area contributed by atoms with Crippen molar-refractivity contribution in [3.63, 3.8) is 0 Å². The molecule has 0 amide bonds. The highest BCUT2D eigenvalue weighted by Gasteiger charge is 2.11. The van der Waals surface area contributed by atoms with Crippen LogP contribution < -0.4 is 5.32 Å². The molecule has 2 aromatic carbocycles. The number of ketones is 1. The molecule has 0 saturated carbocycles. The summed E-state index contributed by atoms with van der Waals surface area (Å²) in [6.45, 7) is 0.223. The Kier molecular flexibility index (Phi) is 3.73. The number of anilines is 1. The normalized spacial score (nSPS) is 10.7. The van der Waals surface area contributed by atoms with Crippen molar-refractivity contribution in [2.45, 2.75) is 0 Å². The van der Waals surface area contributed by atoms with Crippen LogP contribution in [0.5, 0.6) is 0 Å². The molecule has 0 saturated heterocycles. The van der Waals surface area contributed by atoms with E-state index in [9.17, 15) is 4.79 Å². The molecule has 3 nitrogen and oxygen atoms in total. The van der Waals surface area contributed by atoms with E-state index < -0.39 is 0 Å². The van der Waals surface area contributed by atoms with Gasteiger partial charge in [0.05, 0.1) is 6.54 Å². The Morgan fingerprint density at radius 3 is 2.60 bits per heavy atom. The summed E-state index contributed by atoms with van der Waals surface area (Å²) in [7, 11) is 0. The van der Waals surface area contributed by atoms with Gasteiger partial charge in [-0.3, -0.25) is 4.79 Å². The summed E-state index contributed by atoms with van der Waals surface area (Å²) >= 11 is 2.25. The molecule has 0 aliphatic heterocycles. The molecule has 100 valence electrons. The predicted octanol–water partition coefficient (Wildman–Crippen LogP) is 4.33. The number of nitrogens with one attached hydrogen (secondary N) is 1. The zero-order chi connectivity index (χ0) is 13.9. The van der Waals surface area contributed by atoms with Gasteiger partial charge in [0.1, 0.15) is 5.58 Å². The van der Waals surface area contributed by atoms with Crippen LogP contribution in [-0.2, 0) is 0 Å². The third-order valence-corrected chi connectivity index (χ3v) is 3.72. The fraction of sp³-hybridized carbons (Fsp3) is 0.0625. The van der Waals surface area contributed by atoms with Crippen molar-refractivity contribution >= 4 is 45.0 Å². The number of carbonyl (C=O) groups excluding carboxylic acids is 1. The maximum atomic E-state index is 12.1. The first-order valence-electron chi connectivity index (χ1n) is 6.23. The lowest BCUT2D eigenvalue weighted by atomic mass is 10.2. The second-order valence-corrected chi connectivity index (χ2v) is 5.68. The van der Waals surface area contributed by atoms with E-state index in [1.165, 1.54) is 0 Å². The van der Waals surface area contributed by atoms with Crippen molar-refractivity contribution in [2.24, 2.45) is 0 Å². The van der Waals surface area contributed by atoms with Crippen LogP contribution in [0, 0.1) is 3.57 Å². The summed E-state index contributed by atoms with van der Waals surface area (Å²) in [5.41, 5.74) is 1.67. The van der Waals surface area contributed by atoms with Gasteiger partial charge < -0.3 is 9.73 Å². The summed E-state index contributed by atoms with van der Waals surface area (Å²) in [4.78, 5) is 12.1. The highest BCUT2D eigenvalue weighted by molar-refractivity contribution is 14.1. The van der Waals surface area contributed by atoms with Gasteiger partial charge in [-0.2, -0.15) is 0 Å². The summed E-state index contributed by atoms with van der Waals surface area (Å²) in [5, 5.41) is 4.05. The minimum absolute atomic E-state index is 0.0558. The number of carbonyl (C=O) groups is 1. The van der Waals surface area contributed by atoms with Gasteiger partial charge in [0.2, 0.25) is 5.78 Å². The van der Waals surface area contributed by atoms with Gasteiger partial charge in [-0.25, -0.2) is 0 Å². The zero-order valence-electron chi connectivity index (χ0n) is 10.6. The molecule has 0 atom stereocenters. The molecule has 1 heterocycles. The van der Waals surface area contributed by atoms with E-state index in [0.717, 1.165) is 20.2 Å². The summed E-state index contributed by atoms with van der Waals surface area (Å²) in [5.74, 6) is 0.337. The lowest BCUT2D eigenvalue weighted by molar-refractivity contribution is 0.0982. The van der Waals surface area contributed by atoms with E-state index in [0.29, 0.717) is 5.76 Å². The third kappa shape index (κ3) is 2.85. The number of hydrogen-bond donors (Lipinski definition) is 1. The highest BCUT2D eigenvalue weighted by atomic mass is 127. The average molecular weight is 377 g/mol. The largest absolute Gasteiger partial charge is 0.453 e. The monoisotopic (exact) mass is 377 g/mol. The number of rotatable bonds is 4. The van der Waals surface area contributed by atoms with E-state index in [1.807, 2.05) is 48.5 Å². The van der Waals surface area contributed by atoms with Gasteiger partial charge in [0.15, 0.2) is 5.76 Å². The second-order valence-electron chi connectivity index (χ2n) is 4.43. The molecule has 0 spiro atoms. The van der Waals surface area contributed by atoms with Crippen LogP contribution in [0.1, 0.15) is 10.6 Å². The van der Waals surface area contributed by atoms with Crippen LogP contribution in [0.3, 0.4) is 0 Å². The number of furan rings is 1. The Morgan fingerprint density at radius 1 is 1.10 bits per heavy atom. The quantitative estimate of drug-likeness (QED) is 0.544. The Hall–Kier alpha value is -1.82. The molecule has 1 N–H and O–H groups in total. The molecule has 20 heavy (non-hydrogen) atoms. The molecule has 3 rings (SSSR count). The smallest absolute Gasteiger partial charge is 0.216 e. The standard InChI is InChI=1S/C16H12INO2/c17-12-5-7-13(8-6-12)18-10-14(19)16-9-11-3-1-2-4-15(11)20-16/h1-9,18H,10H2. The fourth-order valence-electron chi connectivity index (χ4n) is 1.96. The summed E-state index contributed by atoms with van der Waals surface area (Å²) in [6.07, 6.45) is 0. The molecule has 3 aromatic rings. The van der Waals surface area contributed by atoms with Gasteiger partial charge in [-0.05, 0) is 59.0 Å². The zero-order valence-corrected chi connectivity index (χ0v) is 12.8. The molecule has 4 heteroatoms. The Balaban J connectivity index is 1.71. The average Bonchev–Trinajstić information content (AvgIpc) is 2.90. The number of Topliss-reactive ketones (excluding diaryl/α,β-unsaturated/α-hetero) is 1. The Bertz CT molecular complexity index is 714. The third-order valence-electron chi connectivity index (χ3n) is 3.00. The van der Waals surface area contributed by atoms with Gasteiger partial charge in [0.25, 0.3) is 0 Å². The van der Waals surface area contributed by atoms with Gasteiger partial charge >= 0.3 is 0 Å². The van der Waals surface area contributed by atoms with Gasteiger partial charge in [0, 0.05) is 14.6 Å². The Labute approximate surface area is 130 Å². The van der Waals surface area contributed by atoms with E-state index in [1.54, 1.807) is 6.07 Å². The number of benzene rings is 2. The number of hydrogen-bond acceptors (Lipinski definition) is 3. The number of halogens is 1. The minimum Gasteiger partial charge on any atom is -0.453 e. The first-order chi connectivity index (χ1) is 9.72. The predicted molar refractivity (Wildman–Crippen MR) is 88.2 cm³/mol. The van der Waals surface area contributed by atoms with Crippen LogP contribution in [-0.4, -0.2) is 12.3 Å². The van der Waals surface area contributed by atoms with Crippen LogP contribution >= 0.6 is 22.6 Å². The molecular formula is C16H12INO2. The van der Waals surface area contributed by atoms with E-state index in [2.05, 4.69) is 27.9 Å². The number of para-hydroxylation sites is 1. The van der Waals surface area contributed by atoms with Crippen LogP contribution in [0.25, 0.3) is 11.0 Å². The molecule has 1 aromatic heterocycles. The lowest BCUT2D eigenvalue weighted by Gasteiger charge is -2.04. The van der Waals surface area contributed by atoms with Crippen molar-refractivity contribution < 1.29 is 9.21 Å². The van der Waals surface area contributed by atoms with Crippen molar-refractivity contribution in [1.29, 1.82) is 0 Å². The molecule has 0 bridgehead atoms. The topological polar surface area (TPSA) is 42.2 Å². The highest BCUT2D eigenvalue weighted by Crippen LogP contribution is 2.19. The van der Waals surface area contributed by atoms with E-state index >= 15 is 0 Å². The maximum Gasteiger partial charge on any atom is 0.216 e. The molecule has 0 fully saturated rings. The van der Waals surface area contributed by atoms with Crippen LogP contribution in [0.4, 0.5) is 5.69 Å². The number of fused-ring (bicyclic) bond motifs is 1. The molecule has 0 radical (unpaired) electrons. The van der Waals surface area contributed by atoms with Crippen molar-refractivity contribution in [3.8, 4) is 0 Å². The summed E-state index contributed by atoms with van der Waals surface area (Å²) < 4.78 is 6.71. The van der Waals surface area contributed by atoms with Gasteiger partial charge in [-0.1, -0.05) is 18.2 Å². The molecule has 0 aliphatic rings.